The predicted molar refractivity (Wildman–Crippen MR) is 83.8 cm³/mol. The number of rotatable bonds is 4. The maximum atomic E-state index is 13.0. The Balaban J connectivity index is 2.20. The Labute approximate surface area is 142 Å². The van der Waals surface area contributed by atoms with Gasteiger partial charge in [-0.15, -0.1) is 0 Å². The molecule has 0 aromatic heterocycles. The van der Waals surface area contributed by atoms with Gasteiger partial charge >= 0.3 is 12.2 Å². The van der Waals surface area contributed by atoms with Crippen LogP contribution in [0, 0.1) is 20.2 Å². The van der Waals surface area contributed by atoms with Crippen LogP contribution in [0.2, 0.25) is 0 Å². The summed E-state index contributed by atoms with van der Waals surface area (Å²) in [6, 6.07) is 5.41. The number of alkyl halides is 3. The summed E-state index contributed by atoms with van der Waals surface area (Å²) in [4.78, 5) is 31.3. The molecule has 2 rings (SSSR count). The Hall–Kier alpha value is -3.70. The highest BCUT2D eigenvalue weighted by molar-refractivity contribution is 6.00. The second-order valence-corrected chi connectivity index (χ2v) is 4.87. The SMILES string of the molecule is O=C(Nc1ccc([N+](=O)[O-])cc1)Nc1ccc([N+](=O)[O-])cc1C(F)(F)F. The van der Waals surface area contributed by atoms with E-state index in [2.05, 4.69) is 5.32 Å². The standard InChI is InChI=1S/C14H9F3N4O5/c15-14(16,17)11-7-10(21(25)26)5-6-12(11)19-13(22)18-8-1-3-9(4-2-8)20(23)24/h1-7H,(H2,18,19,22). The summed E-state index contributed by atoms with van der Waals surface area (Å²) in [6.45, 7) is 0. The normalized spacial score (nSPS) is 10.9. The fraction of sp³-hybridized carbons (Fsp3) is 0.0714. The number of halogens is 3. The topological polar surface area (TPSA) is 127 Å². The lowest BCUT2D eigenvalue weighted by Gasteiger charge is -2.14. The Kier molecular flexibility index (Phi) is 5.05. The second-order valence-electron chi connectivity index (χ2n) is 4.87. The third kappa shape index (κ3) is 4.43. The molecule has 0 radical (unpaired) electrons. The van der Waals surface area contributed by atoms with E-state index >= 15 is 0 Å². The van der Waals surface area contributed by atoms with E-state index in [1.165, 1.54) is 12.1 Å². The summed E-state index contributed by atoms with van der Waals surface area (Å²) in [5.41, 5.74) is -2.97. The zero-order chi connectivity index (χ0) is 19.5. The van der Waals surface area contributed by atoms with Crippen LogP contribution in [0.5, 0.6) is 0 Å². The number of nitro benzene ring substituents is 2. The first-order valence-corrected chi connectivity index (χ1v) is 6.76. The Morgan fingerprint density at radius 2 is 1.42 bits per heavy atom. The van der Waals surface area contributed by atoms with Crippen LogP contribution in [0.25, 0.3) is 0 Å². The molecule has 0 fully saturated rings. The molecule has 0 saturated carbocycles. The van der Waals surface area contributed by atoms with Crippen LogP contribution < -0.4 is 10.6 Å². The molecule has 0 aliphatic rings. The maximum absolute atomic E-state index is 13.0. The molecular formula is C14H9F3N4O5. The van der Waals surface area contributed by atoms with E-state index in [-0.39, 0.29) is 11.4 Å². The van der Waals surface area contributed by atoms with Crippen molar-refractivity contribution < 1.29 is 27.8 Å². The largest absolute Gasteiger partial charge is 0.418 e. The average Bonchev–Trinajstić information content (AvgIpc) is 2.54. The van der Waals surface area contributed by atoms with Crippen LogP contribution in [-0.4, -0.2) is 15.9 Å². The lowest BCUT2D eigenvalue weighted by Crippen LogP contribution is -2.22. The summed E-state index contributed by atoms with van der Waals surface area (Å²) in [6.07, 6.45) is -4.93. The highest BCUT2D eigenvalue weighted by Gasteiger charge is 2.35. The first kappa shape index (κ1) is 18.6. The van der Waals surface area contributed by atoms with E-state index in [1.54, 1.807) is 0 Å². The van der Waals surface area contributed by atoms with Gasteiger partial charge in [0.15, 0.2) is 0 Å². The fourth-order valence-corrected chi connectivity index (χ4v) is 1.94. The van der Waals surface area contributed by atoms with Crippen LogP contribution >= 0.6 is 0 Å². The minimum Gasteiger partial charge on any atom is -0.308 e. The van der Waals surface area contributed by atoms with Crippen molar-refractivity contribution in [3.63, 3.8) is 0 Å². The minimum absolute atomic E-state index is 0.101. The molecule has 0 saturated heterocycles. The van der Waals surface area contributed by atoms with Gasteiger partial charge in [0.05, 0.1) is 21.1 Å². The van der Waals surface area contributed by atoms with Crippen molar-refractivity contribution in [2.75, 3.05) is 10.6 Å². The van der Waals surface area contributed by atoms with Gasteiger partial charge in [-0.25, -0.2) is 4.79 Å². The van der Waals surface area contributed by atoms with Gasteiger partial charge in [-0.3, -0.25) is 20.2 Å². The number of carbonyl (C=O) groups excluding carboxylic acids is 1. The third-order valence-electron chi connectivity index (χ3n) is 3.10. The van der Waals surface area contributed by atoms with Crippen LogP contribution in [0.15, 0.2) is 42.5 Å². The highest BCUT2D eigenvalue weighted by Crippen LogP contribution is 2.37. The monoisotopic (exact) mass is 370 g/mol. The fourth-order valence-electron chi connectivity index (χ4n) is 1.94. The molecule has 2 N–H and O–H groups in total. The van der Waals surface area contributed by atoms with Crippen molar-refractivity contribution in [1.29, 1.82) is 0 Å². The molecule has 0 aliphatic carbocycles. The minimum atomic E-state index is -4.93. The number of carbonyl (C=O) groups is 1. The summed E-state index contributed by atoms with van der Waals surface area (Å²) in [7, 11) is 0. The van der Waals surface area contributed by atoms with Crippen molar-refractivity contribution in [2.45, 2.75) is 6.18 Å². The Bertz CT molecular complexity index is 868. The van der Waals surface area contributed by atoms with Crippen molar-refractivity contribution in [1.82, 2.24) is 0 Å². The van der Waals surface area contributed by atoms with Gasteiger partial charge in [-0.05, 0) is 18.2 Å². The number of nitrogens with zero attached hydrogens (tertiary/aromatic N) is 2. The van der Waals surface area contributed by atoms with Crippen molar-refractivity contribution in [3.05, 3.63) is 68.3 Å². The summed E-state index contributed by atoms with van der Waals surface area (Å²) in [5, 5.41) is 25.3. The van der Waals surface area contributed by atoms with E-state index in [9.17, 15) is 38.2 Å². The van der Waals surface area contributed by atoms with E-state index in [0.717, 1.165) is 24.3 Å². The molecule has 0 heterocycles. The van der Waals surface area contributed by atoms with Gasteiger partial charge in [0.25, 0.3) is 11.4 Å². The maximum Gasteiger partial charge on any atom is 0.418 e. The summed E-state index contributed by atoms with van der Waals surface area (Å²) in [5.74, 6) is 0. The first-order valence-electron chi connectivity index (χ1n) is 6.76. The van der Waals surface area contributed by atoms with E-state index in [4.69, 9.17) is 0 Å². The van der Waals surface area contributed by atoms with Gasteiger partial charge in [0.1, 0.15) is 0 Å². The number of hydrogen-bond donors (Lipinski definition) is 2. The second kappa shape index (κ2) is 7.04. The van der Waals surface area contributed by atoms with E-state index in [1.807, 2.05) is 5.32 Å². The lowest BCUT2D eigenvalue weighted by atomic mass is 10.1. The highest BCUT2D eigenvalue weighted by atomic mass is 19.4. The lowest BCUT2D eigenvalue weighted by molar-refractivity contribution is -0.385. The summed E-state index contributed by atoms with van der Waals surface area (Å²) >= 11 is 0. The average molecular weight is 370 g/mol. The van der Waals surface area contributed by atoms with Gasteiger partial charge in [-0.2, -0.15) is 13.2 Å². The molecule has 2 aromatic carbocycles. The number of nitro groups is 2. The van der Waals surface area contributed by atoms with Gasteiger partial charge in [-0.1, -0.05) is 0 Å². The summed E-state index contributed by atoms with van der Waals surface area (Å²) < 4.78 is 39.1. The zero-order valence-corrected chi connectivity index (χ0v) is 12.6. The van der Waals surface area contributed by atoms with E-state index in [0.29, 0.717) is 6.07 Å². The quantitative estimate of drug-likeness (QED) is 0.617. The molecule has 9 nitrogen and oxygen atoms in total. The van der Waals surface area contributed by atoms with Gasteiger partial charge in [0, 0.05) is 30.0 Å². The van der Waals surface area contributed by atoms with Crippen LogP contribution in [0.4, 0.5) is 40.7 Å². The number of urea groups is 1. The molecule has 0 aliphatic heterocycles. The van der Waals surface area contributed by atoms with E-state index < -0.39 is 39.0 Å². The number of benzene rings is 2. The molecular weight excluding hydrogens is 361 g/mol. The predicted octanol–water partition coefficient (Wildman–Crippen LogP) is 4.17. The van der Waals surface area contributed by atoms with Crippen molar-refractivity contribution >= 4 is 28.8 Å². The molecule has 0 atom stereocenters. The smallest absolute Gasteiger partial charge is 0.308 e. The number of nitrogens with one attached hydrogen (secondary N) is 2. The van der Waals surface area contributed by atoms with Crippen LogP contribution in [0.3, 0.4) is 0 Å². The number of non-ortho nitro benzene ring substituents is 2. The van der Waals surface area contributed by atoms with Gasteiger partial charge in [0.2, 0.25) is 0 Å². The number of amides is 2. The number of hydrogen-bond acceptors (Lipinski definition) is 5. The molecule has 2 aromatic rings. The Morgan fingerprint density at radius 1 is 0.885 bits per heavy atom. The zero-order valence-electron chi connectivity index (χ0n) is 12.6. The van der Waals surface area contributed by atoms with Crippen molar-refractivity contribution in [3.8, 4) is 0 Å². The van der Waals surface area contributed by atoms with Crippen LogP contribution in [-0.2, 0) is 6.18 Å². The molecule has 2 amide bonds. The first-order chi connectivity index (χ1) is 12.1. The Morgan fingerprint density at radius 3 is 1.92 bits per heavy atom. The van der Waals surface area contributed by atoms with Crippen molar-refractivity contribution in [2.24, 2.45) is 0 Å². The van der Waals surface area contributed by atoms with Crippen LogP contribution in [0.1, 0.15) is 5.56 Å². The molecule has 12 heteroatoms. The molecule has 26 heavy (non-hydrogen) atoms. The molecule has 0 spiro atoms. The number of anilines is 2. The molecule has 0 bridgehead atoms. The third-order valence-corrected chi connectivity index (χ3v) is 3.10. The van der Waals surface area contributed by atoms with Gasteiger partial charge < -0.3 is 10.6 Å². The molecule has 136 valence electrons. The molecule has 0 unspecified atom stereocenters.